The van der Waals surface area contributed by atoms with Crippen molar-refractivity contribution >= 4 is 11.6 Å². The molecule has 0 aliphatic rings. The average molecular weight is 261 g/mol. The van der Waals surface area contributed by atoms with E-state index in [-0.39, 0.29) is 5.69 Å². The van der Waals surface area contributed by atoms with Crippen LogP contribution in [-0.4, -0.2) is 23.0 Å². The Morgan fingerprint density at radius 3 is 2.68 bits per heavy atom. The third-order valence-corrected chi connectivity index (χ3v) is 2.40. The lowest BCUT2D eigenvalue weighted by Crippen LogP contribution is -2.16. The molecule has 0 aromatic carbocycles. The minimum Gasteiger partial charge on any atom is -0.481 e. The number of carbonyl (C=O) groups excluding carboxylic acids is 1. The smallest absolute Gasteiger partial charge is 0.277 e. The van der Waals surface area contributed by atoms with Crippen molar-refractivity contribution < 1.29 is 13.9 Å². The lowest BCUT2D eigenvalue weighted by Gasteiger charge is -2.06. The molecule has 0 spiro atoms. The summed E-state index contributed by atoms with van der Waals surface area (Å²) in [6.45, 7) is 1.70. The van der Waals surface area contributed by atoms with Gasteiger partial charge in [0, 0.05) is 12.3 Å². The van der Waals surface area contributed by atoms with Gasteiger partial charge in [-0.1, -0.05) is 0 Å². The fraction of sp³-hybridized carbons (Fsp3) is 0.154. The lowest BCUT2D eigenvalue weighted by molar-refractivity contribution is 0.101. The van der Waals surface area contributed by atoms with Crippen LogP contribution < -0.4 is 10.1 Å². The Morgan fingerprint density at radius 2 is 2.11 bits per heavy atom. The fourth-order valence-electron chi connectivity index (χ4n) is 1.47. The van der Waals surface area contributed by atoms with E-state index in [0.29, 0.717) is 17.1 Å². The van der Waals surface area contributed by atoms with Gasteiger partial charge in [-0.25, -0.2) is 14.4 Å². The minimum atomic E-state index is -0.654. The Morgan fingerprint density at radius 1 is 1.32 bits per heavy atom. The number of halogens is 1. The van der Waals surface area contributed by atoms with E-state index in [0.717, 1.165) is 0 Å². The number of hydrogen-bond acceptors (Lipinski definition) is 4. The maximum atomic E-state index is 13.6. The van der Waals surface area contributed by atoms with E-state index in [1.54, 1.807) is 19.1 Å². The van der Waals surface area contributed by atoms with E-state index in [9.17, 15) is 9.18 Å². The van der Waals surface area contributed by atoms with Gasteiger partial charge in [-0.05, 0) is 24.6 Å². The van der Waals surface area contributed by atoms with Crippen LogP contribution in [0, 0.1) is 12.7 Å². The van der Waals surface area contributed by atoms with E-state index < -0.39 is 11.7 Å². The first kappa shape index (κ1) is 12.9. The third-order valence-electron chi connectivity index (χ3n) is 2.40. The highest BCUT2D eigenvalue weighted by Gasteiger charge is 2.13. The number of hydrogen-bond donors (Lipinski definition) is 1. The molecule has 0 saturated heterocycles. The van der Waals surface area contributed by atoms with Crippen LogP contribution in [0.1, 0.15) is 16.1 Å². The van der Waals surface area contributed by atoms with Crippen LogP contribution in [0.25, 0.3) is 0 Å². The van der Waals surface area contributed by atoms with E-state index >= 15 is 0 Å². The van der Waals surface area contributed by atoms with Crippen molar-refractivity contribution in [3.63, 3.8) is 0 Å². The number of methoxy groups -OCH3 is 1. The lowest BCUT2D eigenvalue weighted by atomic mass is 10.2. The SMILES string of the molecule is COc1ccc(NC(=O)c2ncc(C)cc2F)cn1. The van der Waals surface area contributed by atoms with Gasteiger partial charge in [0.05, 0.1) is 19.0 Å². The Labute approximate surface area is 109 Å². The molecule has 1 N–H and O–H groups in total. The Hall–Kier alpha value is -2.50. The van der Waals surface area contributed by atoms with Crippen LogP contribution in [-0.2, 0) is 0 Å². The highest BCUT2D eigenvalue weighted by Crippen LogP contribution is 2.13. The zero-order valence-corrected chi connectivity index (χ0v) is 10.5. The summed E-state index contributed by atoms with van der Waals surface area (Å²) < 4.78 is 18.5. The molecule has 2 heterocycles. The maximum absolute atomic E-state index is 13.6. The molecule has 0 unspecified atom stereocenters. The Balaban J connectivity index is 2.15. The number of ether oxygens (including phenoxy) is 1. The first-order valence-electron chi connectivity index (χ1n) is 5.53. The summed E-state index contributed by atoms with van der Waals surface area (Å²) in [7, 11) is 1.49. The second-order valence-corrected chi connectivity index (χ2v) is 3.89. The first-order valence-corrected chi connectivity index (χ1v) is 5.53. The predicted molar refractivity (Wildman–Crippen MR) is 67.7 cm³/mol. The van der Waals surface area contributed by atoms with Gasteiger partial charge in [-0.3, -0.25) is 4.79 Å². The summed E-state index contributed by atoms with van der Waals surface area (Å²) >= 11 is 0. The number of aryl methyl sites for hydroxylation is 1. The molecule has 0 atom stereocenters. The summed E-state index contributed by atoms with van der Waals surface area (Å²) in [5, 5.41) is 2.51. The molecule has 5 nitrogen and oxygen atoms in total. The molecule has 19 heavy (non-hydrogen) atoms. The summed E-state index contributed by atoms with van der Waals surface area (Å²) in [5.41, 5.74) is 0.842. The number of nitrogens with zero attached hydrogens (tertiary/aromatic N) is 2. The molecule has 2 rings (SSSR count). The molecular weight excluding hydrogens is 249 g/mol. The number of anilines is 1. The van der Waals surface area contributed by atoms with Crippen LogP contribution in [0.5, 0.6) is 5.88 Å². The molecule has 2 aromatic rings. The highest BCUT2D eigenvalue weighted by atomic mass is 19.1. The van der Waals surface area contributed by atoms with Crippen LogP contribution in [0.2, 0.25) is 0 Å². The monoisotopic (exact) mass is 261 g/mol. The van der Waals surface area contributed by atoms with Gasteiger partial charge in [0.1, 0.15) is 0 Å². The summed E-state index contributed by atoms with van der Waals surface area (Å²) in [6.07, 6.45) is 2.85. The van der Waals surface area contributed by atoms with E-state index in [1.165, 1.54) is 25.6 Å². The van der Waals surface area contributed by atoms with Crippen molar-refractivity contribution in [2.24, 2.45) is 0 Å². The van der Waals surface area contributed by atoms with Crippen LogP contribution in [0.3, 0.4) is 0 Å². The van der Waals surface area contributed by atoms with Crippen LogP contribution >= 0.6 is 0 Å². The number of aromatic nitrogens is 2. The van der Waals surface area contributed by atoms with Crippen molar-refractivity contribution in [3.05, 3.63) is 47.7 Å². The van der Waals surface area contributed by atoms with Gasteiger partial charge in [0.15, 0.2) is 11.5 Å². The van der Waals surface area contributed by atoms with Gasteiger partial charge in [-0.15, -0.1) is 0 Å². The second-order valence-electron chi connectivity index (χ2n) is 3.89. The van der Waals surface area contributed by atoms with E-state index in [2.05, 4.69) is 15.3 Å². The van der Waals surface area contributed by atoms with Gasteiger partial charge < -0.3 is 10.1 Å². The normalized spacial score (nSPS) is 10.1. The molecule has 6 heteroatoms. The molecule has 0 fully saturated rings. The second kappa shape index (κ2) is 5.43. The molecule has 0 aliphatic heterocycles. The zero-order chi connectivity index (χ0) is 13.8. The molecular formula is C13H12FN3O2. The molecule has 0 saturated carbocycles. The molecule has 1 amide bonds. The van der Waals surface area contributed by atoms with Crippen molar-refractivity contribution in [1.82, 2.24) is 9.97 Å². The zero-order valence-electron chi connectivity index (χ0n) is 10.5. The Kier molecular flexibility index (Phi) is 3.70. The summed E-state index contributed by atoms with van der Waals surface area (Å²) in [4.78, 5) is 19.5. The largest absolute Gasteiger partial charge is 0.481 e. The number of nitrogens with one attached hydrogen (secondary N) is 1. The topological polar surface area (TPSA) is 64.1 Å². The molecule has 98 valence electrons. The Bertz CT molecular complexity index is 599. The van der Waals surface area contributed by atoms with Crippen molar-refractivity contribution in [2.75, 3.05) is 12.4 Å². The number of carbonyl (C=O) groups is 1. The van der Waals surface area contributed by atoms with E-state index in [1.807, 2.05) is 0 Å². The standard InChI is InChI=1S/C13H12FN3O2/c1-8-5-10(14)12(16-6-8)13(18)17-9-3-4-11(19-2)15-7-9/h3-7H,1-2H3,(H,17,18). The van der Waals surface area contributed by atoms with Crippen molar-refractivity contribution in [1.29, 1.82) is 0 Å². The summed E-state index contributed by atoms with van der Waals surface area (Å²) in [6, 6.07) is 4.46. The van der Waals surface area contributed by atoms with Crippen LogP contribution in [0.4, 0.5) is 10.1 Å². The van der Waals surface area contributed by atoms with Gasteiger partial charge in [-0.2, -0.15) is 0 Å². The third kappa shape index (κ3) is 3.04. The first-order chi connectivity index (χ1) is 9.10. The number of pyridine rings is 2. The fourth-order valence-corrected chi connectivity index (χ4v) is 1.47. The van der Waals surface area contributed by atoms with Crippen LogP contribution in [0.15, 0.2) is 30.6 Å². The van der Waals surface area contributed by atoms with Crippen molar-refractivity contribution in [2.45, 2.75) is 6.92 Å². The molecule has 2 aromatic heterocycles. The average Bonchev–Trinajstić information content (AvgIpc) is 2.39. The molecule has 0 radical (unpaired) electrons. The summed E-state index contributed by atoms with van der Waals surface area (Å²) in [5.74, 6) is -0.846. The molecule has 0 bridgehead atoms. The van der Waals surface area contributed by atoms with Gasteiger partial charge >= 0.3 is 0 Å². The minimum absolute atomic E-state index is 0.249. The predicted octanol–water partition coefficient (Wildman–Crippen LogP) is 2.19. The quantitative estimate of drug-likeness (QED) is 0.919. The van der Waals surface area contributed by atoms with E-state index in [4.69, 9.17) is 4.74 Å². The maximum Gasteiger partial charge on any atom is 0.277 e. The van der Waals surface area contributed by atoms with Crippen molar-refractivity contribution in [3.8, 4) is 5.88 Å². The number of amides is 1. The van der Waals surface area contributed by atoms with Gasteiger partial charge in [0.2, 0.25) is 5.88 Å². The van der Waals surface area contributed by atoms with Gasteiger partial charge in [0.25, 0.3) is 5.91 Å². The molecule has 0 aliphatic carbocycles. The highest BCUT2D eigenvalue weighted by molar-refractivity contribution is 6.02. The number of rotatable bonds is 3.